The van der Waals surface area contributed by atoms with Crippen LogP contribution >= 0.6 is 0 Å². The Hall–Kier alpha value is -1.81. The number of aryl methyl sites for hydroxylation is 2. The van der Waals surface area contributed by atoms with Crippen LogP contribution in [0.15, 0.2) is 30.6 Å². The minimum atomic E-state index is 0.866. The van der Waals surface area contributed by atoms with Gasteiger partial charge in [-0.05, 0) is 30.0 Å². The molecule has 3 rings (SSSR count). The number of nitrogens with zero attached hydrogens (tertiary/aromatic N) is 3. The molecule has 1 aliphatic rings. The van der Waals surface area contributed by atoms with E-state index in [0.29, 0.717) is 0 Å². The van der Waals surface area contributed by atoms with E-state index in [4.69, 9.17) is 0 Å². The molecule has 1 aliphatic heterocycles. The standard InChI is InChI=1S/C16H22N4/c1-19-7-3-4-15-8-13(5-6-16(15)19)9-17-10-14-11-18-20(2)12-14/h5-6,8,11-12,17H,3-4,7,9-10H2,1-2H3. The summed E-state index contributed by atoms with van der Waals surface area (Å²) in [5.41, 5.74) is 5.47. The zero-order chi connectivity index (χ0) is 13.9. The van der Waals surface area contributed by atoms with Crippen molar-refractivity contribution in [2.45, 2.75) is 25.9 Å². The predicted octanol–water partition coefficient (Wildman–Crippen LogP) is 2.09. The van der Waals surface area contributed by atoms with Gasteiger partial charge in [0.05, 0.1) is 6.20 Å². The summed E-state index contributed by atoms with van der Waals surface area (Å²) >= 11 is 0. The molecule has 4 nitrogen and oxygen atoms in total. The summed E-state index contributed by atoms with van der Waals surface area (Å²) in [7, 11) is 4.13. The van der Waals surface area contributed by atoms with Gasteiger partial charge in [0.2, 0.25) is 0 Å². The van der Waals surface area contributed by atoms with Crippen molar-refractivity contribution in [1.29, 1.82) is 0 Å². The molecule has 0 radical (unpaired) electrons. The molecule has 1 N–H and O–H groups in total. The minimum absolute atomic E-state index is 0.866. The number of nitrogens with one attached hydrogen (secondary N) is 1. The Morgan fingerprint density at radius 1 is 1.20 bits per heavy atom. The van der Waals surface area contributed by atoms with Crippen molar-refractivity contribution in [1.82, 2.24) is 15.1 Å². The Bertz CT molecular complexity index is 588. The SMILES string of the molecule is CN1CCCc2cc(CNCc3cnn(C)c3)ccc21. The smallest absolute Gasteiger partial charge is 0.0534 e. The molecule has 0 unspecified atom stereocenters. The number of anilines is 1. The van der Waals surface area contributed by atoms with Crippen LogP contribution in [0.2, 0.25) is 0 Å². The molecule has 1 aromatic heterocycles. The normalized spacial score (nSPS) is 14.4. The van der Waals surface area contributed by atoms with E-state index >= 15 is 0 Å². The number of hydrogen-bond donors (Lipinski definition) is 1. The van der Waals surface area contributed by atoms with Crippen LogP contribution in [-0.2, 0) is 26.6 Å². The van der Waals surface area contributed by atoms with Crippen LogP contribution in [-0.4, -0.2) is 23.4 Å². The summed E-state index contributed by atoms with van der Waals surface area (Å²) in [6.45, 7) is 2.95. The van der Waals surface area contributed by atoms with E-state index in [0.717, 1.165) is 13.1 Å². The van der Waals surface area contributed by atoms with E-state index in [-0.39, 0.29) is 0 Å². The Balaban J connectivity index is 1.60. The van der Waals surface area contributed by atoms with E-state index < -0.39 is 0 Å². The van der Waals surface area contributed by atoms with E-state index in [1.54, 1.807) is 0 Å². The zero-order valence-corrected chi connectivity index (χ0v) is 12.3. The second kappa shape index (κ2) is 5.67. The number of rotatable bonds is 4. The molecular formula is C16H22N4. The zero-order valence-electron chi connectivity index (χ0n) is 12.3. The molecule has 0 fully saturated rings. The highest BCUT2D eigenvalue weighted by Gasteiger charge is 2.13. The van der Waals surface area contributed by atoms with Crippen molar-refractivity contribution < 1.29 is 0 Å². The quantitative estimate of drug-likeness (QED) is 0.923. The van der Waals surface area contributed by atoms with Gasteiger partial charge >= 0.3 is 0 Å². The molecule has 0 saturated carbocycles. The minimum Gasteiger partial charge on any atom is -0.374 e. The molecule has 0 aliphatic carbocycles. The van der Waals surface area contributed by atoms with E-state index in [1.165, 1.54) is 41.8 Å². The first-order valence-electron chi connectivity index (χ1n) is 7.23. The van der Waals surface area contributed by atoms with Crippen LogP contribution in [0.5, 0.6) is 0 Å². The summed E-state index contributed by atoms with van der Waals surface area (Å²) in [6.07, 6.45) is 6.43. The third-order valence-electron chi connectivity index (χ3n) is 3.91. The number of fused-ring (bicyclic) bond motifs is 1. The van der Waals surface area contributed by atoms with Crippen molar-refractivity contribution in [2.24, 2.45) is 7.05 Å². The number of benzene rings is 1. The fourth-order valence-electron chi connectivity index (χ4n) is 2.86. The molecule has 1 aromatic carbocycles. The van der Waals surface area contributed by atoms with Crippen LogP contribution in [0.3, 0.4) is 0 Å². The Labute approximate surface area is 120 Å². The summed E-state index contributed by atoms with van der Waals surface area (Å²) in [6, 6.07) is 6.84. The van der Waals surface area contributed by atoms with E-state index in [9.17, 15) is 0 Å². The summed E-state index contributed by atoms with van der Waals surface area (Å²) in [4.78, 5) is 2.35. The maximum atomic E-state index is 4.18. The highest BCUT2D eigenvalue weighted by molar-refractivity contribution is 5.56. The maximum Gasteiger partial charge on any atom is 0.0534 e. The highest BCUT2D eigenvalue weighted by atomic mass is 15.2. The lowest BCUT2D eigenvalue weighted by molar-refractivity contribution is 0.687. The van der Waals surface area contributed by atoms with Gasteiger partial charge in [-0.3, -0.25) is 4.68 Å². The monoisotopic (exact) mass is 270 g/mol. The highest BCUT2D eigenvalue weighted by Crippen LogP contribution is 2.26. The Kier molecular flexibility index (Phi) is 3.74. The van der Waals surface area contributed by atoms with Crippen molar-refractivity contribution in [3.63, 3.8) is 0 Å². The molecule has 106 valence electrons. The van der Waals surface area contributed by atoms with Crippen LogP contribution in [0.4, 0.5) is 5.69 Å². The Morgan fingerprint density at radius 3 is 2.85 bits per heavy atom. The largest absolute Gasteiger partial charge is 0.374 e. The molecule has 0 bridgehead atoms. The fourth-order valence-corrected chi connectivity index (χ4v) is 2.86. The molecule has 2 aromatic rings. The first-order chi connectivity index (χ1) is 9.72. The van der Waals surface area contributed by atoms with Crippen molar-refractivity contribution >= 4 is 5.69 Å². The topological polar surface area (TPSA) is 33.1 Å². The van der Waals surface area contributed by atoms with Crippen LogP contribution in [0, 0.1) is 0 Å². The third kappa shape index (κ3) is 2.85. The van der Waals surface area contributed by atoms with E-state index in [2.05, 4.69) is 46.8 Å². The van der Waals surface area contributed by atoms with Crippen LogP contribution < -0.4 is 10.2 Å². The maximum absolute atomic E-state index is 4.18. The average molecular weight is 270 g/mol. The molecule has 0 atom stereocenters. The lowest BCUT2D eigenvalue weighted by atomic mass is 9.99. The van der Waals surface area contributed by atoms with Gasteiger partial charge in [0.1, 0.15) is 0 Å². The van der Waals surface area contributed by atoms with Crippen molar-refractivity contribution in [2.75, 3.05) is 18.5 Å². The summed E-state index contributed by atoms with van der Waals surface area (Å²) < 4.78 is 1.84. The lowest BCUT2D eigenvalue weighted by Gasteiger charge is -2.27. The van der Waals surface area contributed by atoms with Gasteiger partial charge in [0, 0.05) is 51.2 Å². The molecule has 0 saturated heterocycles. The molecule has 0 amide bonds. The van der Waals surface area contributed by atoms with Gasteiger partial charge in [-0.15, -0.1) is 0 Å². The van der Waals surface area contributed by atoms with Gasteiger partial charge in [0.15, 0.2) is 0 Å². The van der Waals surface area contributed by atoms with Gasteiger partial charge in [0.25, 0.3) is 0 Å². The molecular weight excluding hydrogens is 248 g/mol. The molecule has 20 heavy (non-hydrogen) atoms. The Morgan fingerprint density at radius 2 is 2.05 bits per heavy atom. The van der Waals surface area contributed by atoms with E-state index in [1.807, 2.05) is 17.9 Å². The second-order valence-corrected chi connectivity index (χ2v) is 5.61. The average Bonchev–Trinajstić information content (AvgIpc) is 2.85. The van der Waals surface area contributed by atoms with Gasteiger partial charge < -0.3 is 10.2 Å². The fraction of sp³-hybridized carbons (Fsp3) is 0.438. The number of hydrogen-bond acceptors (Lipinski definition) is 3. The third-order valence-corrected chi connectivity index (χ3v) is 3.91. The lowest BCUT2D eigenvalue weighted by Crippen LogP contribution is -2.24. The van der Waals surface area contributed by atoms with Gasteiger partial charge in [-0.2, -0.15) is 5.10 Å². The first-order valence-corrected chi connectivity index (χ1v) is 7.23. The molecule has 2 heterocycles. The second-order valence-electron chi connectivity index (χ2n) is 5.61. The number of aromatic nitrogens is 2. The van der Waals surface area contributed by atoms with Gasteiger partial charge in [-0.1, -0.05) is 12.1 Å². The van der Waals surface area contributed by atoms with Crippen LogP contribution in [0.25, 0.3) is 0 Å². The molecule has 4 heteroatoms. The van der Waals surface area contributed by atoms with Crippen molar-refractivity contribution in [3.8, 4) is 0 Å². The molecule has 0 spiro atoms. The first kappa shape index (κ1) is 13.2. The predicted molar refractivity (Wildman–Crippen MR) is 81.8 cm³/mol. The summed E-state index contributed by atoms with van der Waals surface area (Å²) in [5, 5.41) is 7.66. The van der Waals surface area contributed by atoms with Gasteiger partial charge in [-0.25, -0.2) is 0 Å². The van der Waals surface area contributed by atoms with Crippen LogP contribution in [0.1, 0.15) is 23.1 Å². The van der Waals surface area contributed by atoms with Crippen molar-refractivity contribution in [3.05, 3.63) is 47.3 Å². The summed E-state index contributed by atoms with van der Waals surface area (Å²) in [5.74, 6) is 0.